The fourth-order valence-electron chi connectivity index (χ4n) is 1.76. The maximum atomic E-state index is 10.8. The van der Waals surface area contributed by atoms with Crippen LogP contribution in [0, 0.1) is 6.92 Å². The van der Waals surface area contributed by atoms with Gasteiger partial charge in [-0.1, -0.05) is 17.7 Å². The van der Waals surface area contributed by atoms with Crippen LogP contribution in [0.15, 0.2) is 18.2 Å². The molecule has 0 aliphatic rings. The number of nitrogens with two attached hydrogens (primary N) is 1. The summed E-state index contributed by atoms with van der Waals surface area (Å²) in [4.78, 5) is 12.7. The van der Waals surface area contributed by atoms with Crippen molar-refractivity contribution >= 4 is 5.91 Å². The van der Waals surface area contributed by atoms with Gasteiger partial charge < -0.3 is 10.5 Å². The first-order valence-electron chi connectivity index (χ1n) is 5.63. The van der Waals surface area contributed by atoms with Gasteiger partial charge in [0.05, 0.1) is 13.7 Å². The Morgan fingerprint density at radius 2 is 2.18 bits per heavy atom. The molecule has 0 atom stereocenters. The lowest BCUT2D eigenvalue weighted by atomic mass is 10.1. The predicted octanol–water partition coefficient (Wildman–Crippen LogP) is 0.963. The molecule has 1 amide bonds. The molecule has 0 heterocycles. The minimum Gasteiger partial charge on any atom is -0.496 e. The Balaban J connectivity index is 2.61. The van der Waals surface area contributed by atoms with Crippen molar-refractivity contribution in [1.82, 2.24) is 4.90 Å². The second kappa shape index (κ2) is 6.25. The minimum atomic E-state index is -0.302. The number of benzene rings is 1. The third kappa shape index (κ3) is 4.44. The minimum absolute atomic E-state index is 0.286. The van der Waals surface area contributed by atoms with Crippen LogP contribution in [-0.4, -0.2) is 38.1 Å². The summed E-state index contributed by atoms with van der Waals surface area (Å²) in [6, 6.07) is 6.10. The average molecular weight is 236 g/mol. The number of nitrogens with zero attached hydrogens (tertiary/aromatic N) is 1. The predicted molar refractivity (Wildman–Crippen MR) is 68.1 cm³/mol. The van der Waals surface area contributed by atoms with Crippen molar-refractivity contribution in [2.75, 3.05) is 27.2 Å². The molecule has 0 fully saturated rings. The Labute approximate surface area is 102 Å². The highest BCUT2D eigenvalue weighted by Crippen LogP contribution is 2.20. The second-order valence-electron chi connectivity index (χ2n) is 4.27. The van der Waals surface area contributed by atoms with E-state index < -0.39 is 0 Å². The van der Waals surface area contributed by atoms with E-state index in [0.717, 1.165) is 24.3 Å². The van der Waals surface area contributed by atoms with E-state index >= 15 is 0 Å². The van der Waals surface area contributed by atoms with Crippen LogP contribution in [0.4, 0.5) is 0 Å². The van der Waals surface area contributed by atoms with E-state index in [1.54, 1.807) is 7.11 Å². The molecule has 1 aromatic rings. The quantitative estimate of drug-likeness (QED) is 0.800. The number of likely N-dealkylation sites (N-methyl/N-ethyl adjacent to an activating group) is 1. The van der Waals surface area contributed by atoms with Crippen LogP contribution in [0.25, 0.3) is 0 Å². The number of methoxy groups -OCH3 is 1. The summed E-state index contributed by atoms with van der Waals surface area (Å²) >= 11 is 0. The van der Waals surface area contributed by atoms with E-state index in [1.165, 1.54) is 5.56 Å². The molecule has 0 spiro atoms. The van der Waals surface area contributed by atoms with E-state index in [0.29, 0.717) is 0 Å². The fourth-order valence-corrected chi connectivity index (χ4v) is 1.76. The zero-order valence-electron chi connectivity index (χ0n) is 10.7. The molecule has 0 aliphatic carbocycles. The van der Waals surface area contributed by atoms with Crippen molar-refractivity contribution < 1.29 is 9.53 Å². The SMILES string of the molecule is COc1ccc(C)cc1CCN(C)CC(N)=O. The lowest BCUT2D eigenvalue weighted by molar-refractivity contribution is -0.118. The monoisotopic (exact) mass is 236 g/mol. The molecule has 0 radical (unpaired) electrons. The van der Waals surface area contributed by atoms with Crippen LogP contribution in [0.2, 0.25) is 0 Å². The number of rotatable bonds is 6. The largest absolute Gasteiger partial charge is 0.496 e. The molecule has 4 nitrogen and oxygen atoms in total. The lowest BCUT2D eigenvalue weighted by Gasteiger charge is -2.16. The average Bonchev–Trinajstić information content (AvgIpc) is 2.25. The van der Waals surface area contributed by atoms with E-state index in [1.807, 2.05) is 24.1 Å². The van der Waals surface area contributed by atoms with Crippen molar-refractivity contribution in [2.24, 2.45) is 5.73 Å². The third-order valence-corrected chi connectivity index (χ3v) is 2.62. The van der Waals surface area contributed by atoms with Crippen molar-refractivity contribution in [1.29, 1.82) is 0 Å². The van der Waals surface area contributed by atoms with Gasteiger partial charge >= 0.3 is 0 Å². The standard InChI is InChI=1S/C13H20N2O2/c1-10-4-5-12(17-3)11(8-10)6-7-15(2)9-13(14)16/h4-5,8H,6-7,9H2,1-3H3,(H2,14,16). The van der Waals surface area contributed by atoms with Crippen molar-refractivity contribution in [3.63, 3.8) is 0 Å². The second-order valence-corrected chi connectivity index (χ2v) is 4.27. The molecule has 1 rings (SSSR count). The number of hydrogen-bond donors (Lipinski definition) is 1. The van der Waals surface area contributed by atoms with Crippen molar-refractivity contribution in [2.45, 2.75) is 13.3 Å². The Hall–Kier alpha value is -1.55. The van der Waals surface area contributed by atoms with Crippen LogP contribution < -0.4 is 10.5 Å². The van der Waals surface area contributed by atoms with Crippen LogP contribution in [0.5, 0.6) is 5.75 Å². The molecule has 0 aromatic heterocycles. The first-order valence-corrected chi connectivity index (χ1v) is 5.63. The zero-order valence-corrected chi connectivity index (χ0v) is 10.7. The Morgan fingerprint density at radius 3 is 2.76 bits per heavy atom. The molecule has 0 aliphatic heterocycles. The number of primary amides is 1. The Kier molecular flexibility index (Phi) is 4.97. The van der Waals surface area contributed by atoms with E-state index in [4.69, 9.17) is 10.5 Å². The molecule has 1 aromatic carbocycles. The smallest absolute Gasteiger partial charge is 0.231 e. The maximum absolute atomic E-state index is 10.8. The van der Waals surface area contributed by atoms with E-state index in [2.05, 4.69) is 13.0 Å². The van der Waals surface area contributed by atoms with Gasteiger partial charge in [-0.15, -0.1) is 0 Å². The molecule has 0 saturated heterocycles. The first kappa shape index (κ1) is 13.5. The topological polar surface area (TPSA) is 55.6 Å². The summed E-state index contributed by atoms with van der Waals surface area (Å²) in [5.74, 6) is 0.590. The van der Waals surface area contributed by atoms with E-state index in [-0.39, 0.29) is 12.5 Å². The van der Waals surface area contributed by atoms with Gasteiger partial charge in [-0.3, -0.25) is 9.69 Å². The van der Waals surface area contributed by atoms with E-state index in [9.17, 15) is 4.79 Å². The number of hydrogen-bond acceptors (Lipinski definition) is 3. The van der Waals surface area contributed by atoms with Gasteiger partial charge in [0.2, 0.25) is 5.91 Å². The molecule has 94 valence electrons. The third-order valence-electron chi connectivity index (χ3n) is 2.62. The molecular formula is C13H20N2O2. The van der Waals surface area contributed by atoms with Crippen LogP contribution >= 0.6 is 0 Å². The zero-order chi connectivity index (χ0) is 12.8. The summed E-state index contributed by atoms with van der Waals surface area (Å²) < 4.78 is 5.30. The highest BCUT2D eigenvalue weighted by atomic mass is 16.5. The highest BCUT2D eigenvalue weighted by Gasteiger charge is 2.06. The molecule has 2 N–H and O–H groups in total. The van der Waals surface area contributed by atoms with Crippen molar-refractivity contribution in [3.8, 4) is 5.75 Å². The first-order chi connectivity index (χ1) is 8.02. The van der Waals surface area contributed by atoms with Gasteiger partial charge in [0.1, 0.15) is 5.75 Å². The number of aryl methyl sites for hydroxylation is 1. The summed E-state index contributed by atoms with van der Waals surface area (Å²) in [6.45, 7) is 3.12. The highest BCUT2D eigenvalue weighted by molar-refractivity contribution is 5.75. The van der Waals surface area contributed by atoms with Gasteiger partial charge in [0.15, 0.2) is 0 Å². The van der Waals surface area contributed by atoms with Gasteiger partial charge in [0, 0.05) is 6.54 Å². The van der Waals surface area contributed by atoms with Gasteiger partial charge in [-0.05, 0) is 32.0 Å². The van der Waals surface area contributed by atoms with Crippen molar-refractivity contribution in [3.05, 3.63) is 29.3 Å². The number of ether oxygens (including phenoxy) is 1. The normalized spacial score (nSPS) is 10.6. The summed E-state index contributed by atoms with van der Waals surface area (Å²) in [5, 5.41) is 0. The van der Waals surface area contributed by atoms with Crippen LogP contribution in [0.3, 0.4) is 0 Å². The Bertz CT molecular complexity index is 391. The number of carbonyl (C=O) groups excluding carboxylic acids is 1. The summed E-state index contributed by atoms with van der Waals surface area (Å²) in [6.07, 6.45) is 0.842. The fraction of sp³-hybridized carbons (Fsp3) is 0.462. The van der Waals surface area contributed by atoms with Gasteiger partial charge in [-0.25, -0.2) is 0 Å². The van der Waals surface area contributed by atoms with Gasteiger partial charge in [-0.2, -0.15) is 0 Å². The summed E-state index contributed by atoms with van der Waals surface area (Å²) in [5.41, 5.74) is 7.50. The maximum Gasteiger partial charge on any atom is 0.231 e. The van der Waals surface area contributed by atoms with Gasteiger partial charge in [0.25, 0.3) is 0 Å². The molecular weight excluding hydrogens is 216 g/mol. The molecule has 0 unspecified atom stereocenters. The lowest BCUT2D eigenvalue weighted by Crippen LogP contribution is -2.32. The van der Waals surface area contributed by atoms with Crippen LogP contribution in [0.1, 0.15) is 11.1 Å². The summed E-state index contributed by atoms with van der Waals surface area (Å²) in [7, 11) is 3.55. The van der Waals surface area contributed by atoms with Crippen LogP contribution in [-0.2, 0) is 11.2 Å². The molecule has 17 heavy (non-hydrogen) atoms. The number of carbonyl (C=O) groups is 1. The Morgan fingerprint density at radius 1 is 1.47 bits per heavy atom. The molecule has 0 bridgehead atoms. The molecule has 0 saturated carbocycles. The number of amides is 1. The molecule has 4 heteroatoms.